The molecule has 1 amide bonds. The van der Waals surface area contributed by atoms with E-state index in [0.29, 0.717) is 0 Å². The van der Waals surface area contributed by atoms with Crippen molar-refractivity contribution in [1.82, 2.24) is 4.98 Å². The Labute approximate surface area is 84.3 Å². The van der Waals surface area contributed by atoms with Gasteiger partial charge in [-0.3, -0.25) is 4.79 Å². The molecule has 0 radical (unpaired) electrons. The summed E-state index contributed by atoms with van der Waals surface area (Å²) in [6.45, 7) is 0. The molecule has 1 aromatic rings. The smallest absolute Gasteiger partial charge is 0.227 e. The van der Waals surface area contributed by atoms with Crippen LogP contribution in [0.15, 0.2) is 23.4 Å². The van der Waals surface area contributed by atoms with Gasteiger partial charge in [0.2, 0.25) is 5.91 Å². The zero-order chi connectivity index (χ0) is 10.6. The van der Waals surface area contributed by atoms with Gasteiger partial charge in [-0.25, -0.2) is 4.98 Å². The first-order valence-electron chi connectivity index (χ1n) is 3.68. The maximum Gasteiger partial charge on any atom is 0.227 e. The summed E-state index contributed by atoms with van der Waals surface area (Å²) in [5.41, 5.74) is 4.89. The fourth-order valence-electron chi connectivity index (χ4n) is 0.801. The molecule has 0 fully saturated rings. The van der Waals surface area contributed by atoms with Crippen molar-refractivity contribution in [3.05, 3.63) is 23.9 Å². The molecule has 1 rings (SSSR count). The third-order valence-electron chi connectivity index (χ3n) is 1.34. The zero-order valence-electron chi connectivity index (χ0n) is 7.10. The summed E-state index contributed by atoms with van der Waals surface area (Å²) in [6.07, 6.45) is 1.44. The van der Waals surface area contributed by atoms with E-state index in [4.69, 9.17) is 5.73 Å². The summed E-state index contributed by atoms with van der Waals surface area (Å²) in [6, 6.07) is 2.85. The first-order chi connectivity index (χ1) is 6.61. The van der Waals surface area contributed by atoms with Gasteiger partial charge in [0.15, 0.2) is 0 Å². The number of thioether (sulfide) groups is 1. The number of hydrogen-bond donors (Lipinski definition) is 1. The molecule has 0 aromatic carbocycles. The number of primary amides is 1. The second-order valence-corrected chi connectivity index (χ2v) is 3.36. The fraction of sp³-hybridized carbons (Fsp3) is 0.125. The number of hydrogen-bond acceptors (Lipinski definition) is 5. The highest BCUT2D eigenvalue weighted by atomic mass is 32.2. The largest absolute Gasteiger partial charge is 0.545 e. The van der Waals surface area contributed by atoms with Gasteiger partial charge in [-0.15, -0.1) is 0 Å². The molecule has 14 heavy (non-hydrogen) atoms. The van der Waals surface area contributed by atoms with Crippen LogP contribution < -0.4 is 10.8 Å². The predicted molar refractivity (Wildman–Crippen MR) is 48.5 cm³/mol. The van der Waals surface area contributed by atoms with Crippen LogP contribution >= 0.6 is 11.8 Å². The topological polar surface area (TPSA) is 96.1 Å². The quantitative estimate of drug-likeness (QED) is 0.646. The standard InChI is InChI=1S/C8H8N2O3S/c9-6(11)4-14-7-5(8(12)13)2-1-3-10-7/h1-3H,4H2,(H2,9,11)(H,12,13)/p-1. The molecule has 74 valence electrons. The van der Waals surface area contributed by atoms with Crippen molar-refractivity contribution < 1.29 is 14.7 Å². The summed E-state index contributed by atoms with van der Waals surface area (Å²) < 4.78 is 0. The minimum absolute atomic E-state index is 0.00269. The van der Waals surface area contributed by atoms with Crippen LogP contribution in [0.4, 0.5) is 0 Å². The minimum Gasteiger partial charge on any atom is -0.545 e. The van der Waals surface area contributed by atoms with E-state index in [1.807, 2.05) is 0 Å². The number of carbonyl (C=O) groups is 2. The number of amides is 1. The number of nitrogens with two attached hydrogens (primary N) is 1. The van der Waals surface area contributed by atoms with E-state index in [0.717, 1.165) is 11.8 Å². The van der Waals surface area contributed by atoms with E-state index in [-0.39, 0.29) is 16.3 Å². The molecule has 0 saturated heterocycles. The van der Waals surface area contributed by atoms with Crippen molar-refractivity contribution in [3.8, 4) is 0 Å². The van der Waals surface area contributed by atoms with Crippen molar-refractivity contribution >= 4 is 23.6 Å². The highest BCUT2D eigenvalue weighted by molar-refractivity contribution is 8.00. The lowest BCUT2D eigenvalue weighted by Crippen LogP contribution is -2.23. The Hall–Kier alpha value is -1.56. The Kier molecular flexibility index (Phi) is 3.47. The van der Waals surface area contributed by atoms with Crippen molar-refractivity contribution in [2.45, 2.75) is 5.03 Å². The molecule has 0 saturated carbocycles. The lowest BCUT2D eigenvalue weighted by atomic mass is 10.3. The van der Waals surface area contributed by atoms with E-state index in [9.17, 15) is 14.7 Å². The third kappa shape index (κ3) is 2.74. The monoisotopic (exact) mass is 211 g/mol. The van der Waals surface area contributed by atoms with E-state index < -0.39 is 11.9 Å². The number of aromatic nitrogens is 1. The number of carboxylic acids is 1. The first-order valence-corrected chi connectivity index (χ1v) is 4.67. The maximum absolute atomic E-state index is 10.6. The van der Waals surface area contributed by atoms with Crippen LogP contribution in [0, 0.1) is 0 Å². The molecule has 6 heteroatoms. The average molecular weight is 211 g/mol. The average Bonchev–Trinajstić information content (AvgIpc) is 2.15. The lowest BCUT2D eigenvalue weighted by Gasteiger charge is -2.06. The highest BCUT2D eigenvalue weighted by Crippen LogP contribution is 2.18. The molecule has 1 aromatic heterocycles. The summed E-state index contributed by atoms with van der Waals surface area (Å²) >= 11 is 0.977. The number of carboxylic acid groups (broad SMARTS) is 1. The van der Waals surface area contributed by atoms with Gasteiger partial charge >= 0.3 is 0 Å². The molecule has 0 aliphatic rings. The second kappa shape index (κ2) is 4.61. The normalized spacial score (nSPS) is 9.71. The molecule has 0 spiro atoms. The van der Waals surface area contributed by atoms with E-state index in [1.54, 1.807) is 0 Å². The van der Waals surface area contributed by atoms with Gasteiger partial charge in [-0.2, -0.15) is 0 Å². The SMILES string of the molecule is NC(=O)CSc1ncccc1C(=O)[O-]. The van der Waals surface area contributed by atoms with Crippen molar-refractivity contribution in [3.63, 3.8) is 0 Å². The first kappa shape index (κ1) is 10.5. The zero-order valence-corrected chi connectivity index (χ0v) is 7.91. The van der Waals surface area contributed by atoms with Crippen molar-refractivity contribution in [2.24, 2.45) is 5.73 Å². The van der Waals surface area contributed by atoms with Crippen LogP contribution in [0.25, 0.3) is 0 Å². The lowest BCUT2D eigenvalue weighted by molar-refractivity contribution is -0.255. The maximum atomic E-state index is 10.6. The number of aromatic carboxylic acids is 1. The summed E-state index contributed by atoms with van der Waals surface area (Å²) in [5.74, 6) is -1.84. The predicted octanol–water partition coefficient (Wildman–Crippen LogP) is -0.978. The molecular formula is C8H7N2O3S-. The van der Waals surface area contributed by atoms with Gasteiger partial charge in [0.25, 0.3) is 0 Å². The Balaban J connectivity index is 2.84. The van der Waals surface area contributed by atoms with Crippen LogP contribution in [0.5, 0.6) is 0 Å². The molecule has 0 aliphatic heterocycles. The van der Waals surface area contributed by atoms with Crippen LogP contribution in [0.3, 0.4) is 0 Å². The van der Waals surface area contributed by atoms with Gasteiger partial charge < -0.3 is 15.6 Å². The van der Waals surface area contributed by atoms with Crippen LogP contribution in [-0.4, -0.2) is 22.6 Å². The number of carbonyl (C=O) groups excluding carboxylic acids is 2. The molecule has 0 unspecified atom stereocenters. The van der Waals surface area contributed by atoms with Crippen LogP contribution in [0.2, 0.25) is 0 Å². The Morgan fingerprint density at radius 1 is 1.57 bits per heavy atom. The minimum atomic E-state index is -1.31. The number of pyridine rings is 1. The van der Waals surface area contributed by atoms with E-state index in [1.165, 1.54) is 18.3 Å². The van der Waals surface area contributed by atoms with Gasteiger partial charge in [-0.1, -0.05) is 11.8 Å². The van der Waals surface area contributed by atoms with Crippen LogP contribution in [0.1, 0.15) is 10.4 Å². The van der Waals surface area contributed by atoms with Crippen molar-refractivity contribution in [2.75, 3.05) is 5.75 Å². The van der Waals surface area contributed by atoms with E-state index in [2.05, 4.69) is 4.98 Å². The van der Waals surface area contributed by atoms with Crippen LogP contribution in [-0.2, 0) is 4.79 Å². The summed E-state index contributed by atoms with van der Waals surface area (Å²) in [5, 5.41) is 10.8. The Morgan fingerprint density at radius 3 is 2.86 bits per heavy atom. The van der Waals surface area contributed by atoms with Crippen molar-refractivity contribution in [1.29, 1.82) is 0 Å². The fourth-order valence-corrected chi connectivity index (χ4v) is 1.52. The third-order valence-corrected chi connectivity index (χ3v) is 2.37. The Bertz CT molecular complexity index is 367. The highest BCUT2D eigenvalue weighted by Gasteiger charge is 2.05. The molecule has 0 bridgehead atoms. The summed E-state index contributed by atoms with van der Waals surface area (Å²) in [7, 11) is 0. The number of rotatable bonds is 4. The molecular weight excluding hydrogens is 204 g/mol. The summed E-state index contributed by atoms with van der Waals surface area (Å²) in [4.78, 5) is 24.9. The molecule has 0 aliphatic carbocycles. The van der Waals surface area contributed by atoms with Gasteiger partial charge in [0.05, 0.1) is 11.7 Å². The Morgan fingerprint density at radius 2 is 2.29 bits per heavy atom. The second-order valence-electron chi connectivity index (χ2n) is 2.40. The molecule has 5 nitrogen and oxygen atoms in total. The van der Waals surface area contributed by atoms with Gasteiger partial charge in [0, 0.05) is 11.8 Å². The van der Waals surface area contributed by atoms with Gasteiger partial charge in [0.1, 0.15) is 5.03 Å². The molecule has 0 atom stereocenters. The van der Waals surface area contributed by atoms with Gasteiger partial charge in [-0.05, 0) is 12.1 Å². The molecule has 2 N–H and O–H groups in total. The molecule has 1 heterocycles. The van der Waals surface area contributed by atoms with E-state index >= 15 is 0 Å². The number of nitrogens with zero attached hydrogens (tertiary/aromatic N) is 1.